The highest BCUT2D eigenvalue weighted by Crippen LogP contribution is 2.26. The maximum absolute atomic E-state index is 12.2. The first-order valence-electron chi connectivity index (χ1n) is 10.2. The molecule has 0 radical (unpaired) electrons. The van der Waals surface area contributed by atoms with Crippen molar-refractivity contribution < 1.29 is 23.9 Å². The highest BCUT2D eigenvalue weighted by atomic mass is 79.9. The summed E-state index contributed by atoms with van der Waals surface area (Å²) in [5.74, 6) is -0.557. The van der Waals surface area contributed by atoms with Crippen LogP contribution in [-0.4, -0.2) is 43.1 Å². The van der Waals surface area contributed by atoms with Crippen LogP contribution in [0.25, 0.3) is 0 Å². The summed E-state index contributed by atoms with van der Waals surface area (Å²) in [5.41, 5.74) is 0.299. The van der Waals surface area contributed by atoms with Crippen molar-refractivity contribution in [3.05, 3.63) is 28.2 Å². The second-order valence-corrected chi connectivity index (χ2v) is 8.46. The average Bonchev–Trinajstić information content (AvgIpc) is 3.39. The lowest BCUT2D eigenvalue weighted by atomic mass is 10.2. The molecule has 2 amide bonds. The minimum absolute atomic E-state index is 0.0831. The second kappa shape index (κ2) is 10.6. The molecule has 2 aliphatic carbocycles. The van der Waals surface area contributed by atoms with E-state index < -0.39 is 5.97 Å². The Morgan fingerprint density at radius 2 is 1.45 bits per heavy atom. The largest absolute Gasteiger partial charge is 0.483 e. The maximum atomic E-state index is 12.2. The van der Waals surface area contributed by atoms with E-state index in [1.807, 2.05) is 0 Å². The second-order valence-electron chi connectivity index (χ2n) is 7.61. The normalized spacial score (nSPS) is 17.1. The fraction of sp³-hybridized carbons (Fsp3) is 0.571. The molecule has 0 aliphatic heterocycles. The molecule has 2 aliphatic rings. The number of hydrogen-bond acceptors (Lipinski definition) is 5. The summed E-state index contributed by atoms with van der Waals surface area (Å²) in [6, 6.07) is 5.14. The van der Waals surface area contributed by atoms with Crippen molar-refractivity contribution in [3.8, 4) is 5.75 Å². The molecule has 2 saturated carbocycles. The summed E-state index contributed by atoms with van der Waals surface area (Å²) < 4.78 is 11.2. The Labute approximate surface area is 179 Å². The Morgan fingerprint density at radius 3 is 2.00 bits per heavy atom. The molecule has 1 aromatic rings. The Bertz CT molecular complexity index is 743. The third-order valence-corrected chi connectivity index (χ3v) is 5.92. The lowest BCUT2D eigenvalue weighted by Gasteiger charge is -2.14. The number of amides is 2. The van der Waals surface area contributed by atoms with Crippen molar-refractivity contribution in [2.45, 2.75) is 63.5 Å². The minimum Gasteiger partial charge on any atom is -0.483 e. The highest BCUT2D eigenvalue weighted by molar-refractivity contribution is 9.10. The quantitative estimate of drug-likeness (QED) is 0.574. The molecule has 3 rings (SSSR count). The van der Waals surface area contributed by atoms with Crippen LogP contribution >= 0.6 is 15.9 Å². The van der Waals surface area contributed by atoms with E-state index in [4.69, 9.17) is 9.47 Å². The molecule has 2 fully saturated rings. The number of hydrogen-bond donors (Lipinski definition) is 2. The molecule has 29 heavy (non-hydrogen) atoms. The first-order chi connectivity index (χ1) is 14.0. The molecule has 0 bridgehead atoms. The van der Waals surface area contributed by atoms with Crippen LogP contribution in [0.1, 0.15) is 61.7 Å². The summed E-state index contributed by atoms with van der Waals surface area (Å²) in [5, 5.41) is 5.84. The first-order valence-corrected chi connectivity index (χ1v) is 11.0. The summed E-state index contributed by atoms with van der Waals surface area (Å²) in [6.07, 6.45) is 8.54. The van der Waals surface area contributed by atoms with E-state index in [0.29, 0.717) is 15.8 Å². The van der Waals surface area contributed by atoms with Crippen LogP contribution in [0, 0.1) is 0 Å². The monoisotopic (exact) mass is 466 g/mol. The standard InChI is InChI=1S/C21H27BrN2O5/c22-17-11-14(21(27)29-13-20(26)24-16-7-3-4-8-16)9-10-18(17)28-12-19(25)23-15-5-1-2-6-15/h9-11,15-16H,1-8,12-13H2,(H,23,25)(H,24,26). The van der Waals surface area contributed by atoms with Gasteiger partial charge in [0.1, 0.15) is 5.75 Å². The number of rotatable bonds is 8. The topological polar surface area (TPSA) is 93.7 Å². The molecule has 0 saturated heterocycles. The molecule has 1 aromatic carbocycles. The number of benzene rings is 1. The maximum Gasteiger partial charge on any atom is 0.338 e. The molecule has 0 spiro atoms. The van der Waals surface area contributed by atoms with Crippen LogP contribution in [0.5, 0.6) is 5.75 Å². The molecular weight excluding hydrogens is 440 g/mol. The molecule has 0 unspecified atom stereocenters. The Balaban J connectivity index is 1.43. The van der Waals surface area contributed by atoms with Gasteiger partial charge < -0.3 is 20.1 Å². The van der Waals surface area contributed by atoms with Gasteiger partial charge in [0.15, 0.2) is 13.2 Å². The number of carbonyl (C=O) groups excluding carboxylic acids is 3. The van der Waals surface area contributed by atoms with Gasteiger partial charge in [-0.15, -0.1) is 0 Å². The zero-order chi connectivity index (χ0) is 20.6. The van der Waals surface area contributed by atoms with Crippen LogP contribution in [0.15, 0.2) is 22.7 Å². The third kappa shape index (κ3) is 6.73. The molecule has 0 aromatic heterocycles. The van der Waals surface area contributed by atoms with Gasteiger partial charge in [0.2, 0.25) is 0 Å². The van der Waals surface area contributed by atoms with E-state index in [1.165, 1.54) is 0 Å². The van der Waals surface area contributed by atoms with E-state index in [1.54, 1.807) is 18.2 Å². The zero-order valence-corrected chi connectivity index (χ0v) is 18.0. The highest BCUT2D eigenvalue weighted by Gasteiger charge is 2.19. The smallest absolute Gasteiger partial charge is 0.338 e. The van der Waals surface area contributed by atoms with E-state index in [9.17, 15) is 14.4 Å². The van der Waals surface area contributed by atoms with Gasteiger partial charge >= 0.3 is 5.97 Å². The molecule has 2 N–H and O–H groups in total. The van der Waals surface area contributed by atoms with Crippen molar-refractivity contribution in [1.29, 1.82) is 0 Å². The number of ether oxygens (including phenoxy) is 2. The fourth-order valence-corrected chi connectivity index (χ4v) is 4.27. The summed E-state index contributed by atoms with van der Waals surface area (Å²) >= 11 is 3.35. The third-order valence-electron chi connectivity index (χ3n) is 5.30. The molecule has 7 nitrogen and oxygen atoms in total. The van der Waals surface area contributed by atoms with Gasteiger partial charge in [-0.3, -0.25) is 9.59 Å². The molecule has 158 valence electrons. The van der Waals surface area contributed by atoms with Crippen molar-refractivity contribution in [2.75, 3.05) is 13.2 Å². The average molecular weight is 467 g/mol. The number of carbonyl (C=O) groups is 3. The van der Waals surface area contributed by atoms with Crippen molar-refractivity contribution >= 4 is 33.7 Å². The molecule has 0 atom stereocenters. The first kappa shape index (κ1) is 21.6. The van der Waals surface area contributed by atoms with Gasteiger partial charge in [0, 0.05) is 12.1 Å². The molecule has 0 heterocycles. The van der Waals surface area contributed by atoms with Gasteiger partial charge in [0.25, 0.3) is 11.8 Å². The van der Waals surface area contributed by atoms with Gasteiger partial charge in [0.05, 0.1) is 10.0 Å². The predicted molar refractivity (Wildman–Crippen MR) is 111 cm³/mol. The van der Waals surface area contributed by atoms with Crippen molar-refractivity contribution in [2.24, 2.45) is 0 Å². The summed E-state index contributed by atoms with van der Waals surface area (Å²) in [7, 11) is 0. The summed E-state index contributed by atoms with van der Waals surface area (Å²) in [6.45, 7) is -0.382. The van der Waals surface area contributed by atoms with Gasteiger partial charge in [-0.2, -0.15) is 0 Å². The number of esters is 1. The van der Waals surface area contributed by atoms with Gasteiger partial charge in [-0.05, 0) is 59.8 Å². The minimum atomic E-state index is -0.585. The van der Waals surface area contributed by atoms with Crippen LogP contribution in [0.2, 0.25) is 0 Å². The van der Waals surface area contributed by atoms with Gasteiger partial charge in [-0.1, -0.05) is 25.7 Å². The number of halogens is 1. The van der Waals surface area contributed by atoms with E-state index in [-0.39, 0.29) is 37.1 Å². The number of nitrogens with one attached hydrogen (secondary N) is 2. The zero-order valence-electron chi connectivity index (χ0n) is 16.4. The molecular formula is C21H27BrN2O5. The van der Waals surface area contributed by atoms with E-state index in [0.717, 1.165) is 51.4 Å². The van der Waals surface area contributed by atoms with Gasteiger partial charge in [-0.25, -0.2) is 4.79 Å². The molecule has 8 heteroatoms. The summed E-state index contributed by atoms with van der Waals surface area (Å²) in [4.78, 5) is 36.0. The van der Waals surface area contributed by atoms with E-state index >= 15 is 0 Å². The fourth-order valence-electron chi connectivity index (χ4n) is 3.78. The Hall–Kier alpha value is -2.09. The van der Waals surface area contributed by atoms with E-state index in [2.05, 4.69) is 26.6 Å². The van der Waals surface area contributed by atoms with Crippen LogP contribution < -0.4 is 15.4 Å². The van der Waals surface area contributed by atoms with Crippen molar-refractivity contribution in [3.63, 3.8) is 0 Å². The lowest BCUT2D eigenvalue weighted by molar-refractivity contribution is -0.125. The van der Waals surface area contributed by atoms with Crippen molar-refractivity contribution in [1.82, 2.24) is 10.6 Å². The Kier molecular flexibility index (Phi) is 7.91. The lowest BCUT2D eigenvalue weighted by Crippen LogP contribution is -2.36. The SMILES string of the molecule is O=C(COC(=O)c1ccc(OCC(=O)NC2CCCC2)c(Br)c1)NC1CCCC1. The predicted octanol–water partition coefficient (Wildman–Crippen LogP) is 3.10. The van der Waals surface area contributed by atoms with Crippen LogP contribution in [0.4, 0.5) is 0 Å². The Morgan fingerprint density at radius 1 is 0.897 bits per heavy atom. The van der Waals surface area contributed by atoms with Crippen LogP contribution in [0.3, 0.4) is 0 Å². The van der Waals surface area contributed by atoms with Crippen LogP contribution in [-0.2, 0) is 14.3 Å².